The van der Waals surface area contributed by atoms with Gasteiger partial charge in [-0.3, -0.25) is 0 Å². The lowest BCUT2D eigenvalue weighted by molar-refractivity contribution is 0.276. The number of imidazole rings is 1. The number of nitrogens with one attached hydrogen (secondary N) is 1. The highest BCUT2D eigenvalue weighted by atomic mass is 19.1. The van der Waals surface area contributed by atoms with Crippen molar-refractivity contribution in [3.8, 4) is 0 Å². The Labute approximate surface area is 153 Å². The van der Waals surface area contributed by atoms with Crippen molar-refractivity contribution in [3.05, 3.63) is 71.6 Å². The number of hydrogen-bond donors (Lipinski definition) is 2. The molecule has 9 heteroatoms. The Morgan fingerprint density at radius 3 is 3.07 bits per heavy atom. The lowest BCUT2D eigenvalue weighted by Gasteiger charge is -2.34. The topological polar surface area (TPSA) is 95.2 Å². The van der Waals surface area contributed by atoms with E-state index in [1.165, 1.54) is 10.6 Å². The summed E-state index contributed by atoms with van der Waals surface area (Å²) in [7, 11) is 0. The Morgan fingerprint density at radius 1 is 1.30 bits per heavy atom. The molecule has 0 saturated heterocycles. The van der Waals surface area contributed by atoms with Crippen LogP contribution < -0.4 is 4.90 Å². The predicted molar refractivity (Wildman–Crippen MR) is 94.6 cm³/mol. The highest BCUT2D eigenvalue weighted by Crippen LogP contribution is 2.35. The summed E-state index contributed by atoms with van der Waals surface area (Å²) in [4.78, 5) is 18.4. The van der Waals surface area contributed by atoms with E-state index in [4.69, 9.17) is 0 Å². The van der Waals surface area contributed by atoms with Crippen LogP contribution in [0, 0.1) is 5.82 Å². The quantitative estimate of drug-likeness (QED) is 0.573. The lowest BCUT2D eigenvalue weighted by Crippen LogP contribution is -2.37. The van der Waals surface area contributed by atoms with E-state index >= 15 is 0 Å². The first kappa shape index (κ1) is 15.9. The Morgan fingerprint density at radius 2 is 2.22 bits per heavy atom. The summed E-state index contributed by atoms with van der Waals surface area (Å²) in [6.45, 7) is 0.479. The van der Waals surface area contributed by atoms with Gasteiger partial charge in [-0.05, 0) is 24.3 Å². The molecule has 4 aromatic rings. The molecule has 0 unspecified atom stereocenters. The molecule has 0 radical (unpaired) electrons. The molecule has 0 saturated carbocycles. The summed E-state index contributed by atoms with van der Waals surface area (Å²) in [5, 5.41) is 14.0. The van der Waals surface area contributed by atoms with Gasteiger partial charge in [-0.2, -0.15) is 5.10 Å². The van der Waals surface area contributed by atoms with Gasteiger partial charge in [0.2, 0.25) is 5.95 Å². The number of nitrogens with zero attached hydrogens (tertiary/aromatic N) is 6. The number of fused-ring (bicyclic) bond motifs is 2. The van der Waals surface area contributed by atoms with Crippen molar-refractivity contribution < 1.29 is 9.50 Å². The molecule has 8 nitrogen and oxygen atoms in total. The van der Waals surface area contributed by atoms with Gasteiger partial charge >= 0.3 is 0 Å². The molecule has 27 heavy (non-hydrogen) atoms. The first-order chi connectivity index (χ1) is 13.2. The molecule has 0 aromatic carbocycles. The number of hydrogen-bond acceptors (Lipinski definition) is 6. The number of halogens is 1. The minimum Gasteiger partial charge on any atom is -0.390 e. The van der Waals surface area contributed by atoms with Crippen LogP contribution in [0.3, 0.4) is 0 Å². The molecule has 5 rings (SSSR count). The number of aliphatic hydroxyl groups is 1. The van der Waals surface area contributed by atoms with Crippen molar-refractivity contribution in [2.24, 2.45) is 0 Å². The van der Waals surface area contributed by atoms with Gasteiger partial charge in [0.1, 0.15) is 17.4 Å². The number of aromatic amines is 1. The standard InChI is InChI=1S/C18H16FN7O/c19-12-2-1-6-26-15(12)8-14(24-26)17-16-13(21-10-22-16)4-7-25(17)18-20-5-3-11(9-27)23-18/h1-3,5-6,8,10,17,27H,4,7,9H2,(H,21,22)/t17-/m1/s1. The smallest absolute Gasteiger partial charge is 0.226 e. The van der Waals surface area contributed by atoms with Gasteiger partial charge in [0.05, 0.1) is 30.0 Å². The zero-order valence-electron chi connectivity index (χ0n) is 14.2. The molecule has 0 aliphatic carbocycles. The van der Waals surface area contributed by atoms with Crippen molar-refractivity contribution in [2.45, 2.75) is 19.1 Å². The maximum absolute atomic E-state index is 14.2. The predicted octanol–water partition coefficient (Wildman–Crippen LogP) is 1.63. The summed E-state index contributed by atoms with van der Waals surface area (Å²) in [6, 6.07) is 6.07. The Hall–Kier alpha value is -3.33. The Balaban J connectivity index is 1.67. The first-order valence-electron chi connectivity index (χ1n) is 8.60. The molecule has 0 amide bonds. The lowest BCUT2D eigenvalue weighted by atomic mass is 10.00. The van der Waals surface area contributed by atoms with E-state index in [9.17, 15) is 9.50 Å². The maximum Gasteiger partial charge on any atom is 0.226 e. The largest absolute Gasteiger partial charge is 0.390 e. The molecule has 1 aliphatic heterocycles. The van der Waals surface area contributed by atoms with Crippen molar-refractivity contribution in [2.75, 3.05) is 11.4 Å². The van der Waals surface area contributed by atoms with Crippen LogP contribution in [-0.2, 0) is 13.0 Å². The third-order valence-corrected chi connectivity index (χ3v) is 4.79. The van der Waals surface area contributed by atoms with Crippen LogP contribution in [0.4, 0.5) is 10.3 Å². The fourth-order valence-electron chi connectivity index (χ4n) is 3.54. The van der Waals surface area contributed by atoms with Gasteiger partial charge in [0.15, 0.2) is 0 Å². The Kier molecular flexibility index (Phi) is 3.61. The monoisotopic (exact) mass is 365 g/mol. The van der Waals surface area contributed by atoms with Gasteiger partial charge in [0, 0.05) is 31.1 Å². The van der Waals surface area contributed by atoms with E-state index < -0.39 is 0 Å². The van der Waals surface area contributed by atoms with E-state index in [2.05, 4.69) is 25.0 Å². The number of H-pyrrole nitrogens is 1. The van der Waals surface area contributed by atoms with Crippen molar-refractivity contribution >= 4 is 11.5 Å². The van der Waals surface area contributed by atoms with Gasteiger partial charge in [-0.15, -0.1) is 0 Å². The minimum atomic E-state index is -0.353. The second kappa shape index (κ2) is 6.13. The summed E-state index contributed by atoms with van der Waals surface area (Å²) >= 11 is 0. The number of pyridine rings is 1. The molecular formula is C18H16FN7O. The minimum absolute atomic E-state index is 0.165. The highest BCUT2D eigenvalue weighted by Gasteiger charge is 2.34. The zero-order valence-corrected chi connectivity index (χ0v) is 14.2. The Bertz CT molecular complexity index is 1120. The molecular weight excluding hydrogens is 349 g/mol. The average Bonchev–Trinajstić information content (AvgIpc) is 3.34. The molecule has 136 valence electrons. The van der Waals surface area contributed by atoms with Gasteiger partial charge in [-0.25, -0.2) is 23.9 Å². The van der Waals surface area contributed by atoms with Gasteiger partial charge < -0.3 is 15.0 Å². The second-order valence-electron chi connectivity index (χ2n) is 6.37. The summed E-state index contributed by atoms with van der Waals surface area (Å²) < 4.78 is 15.7. The average molecular weight is 365 g/mol. The highest BCUT2D eigenvalue weighted by molar-refractivity contribution is 5.53. The van der Waals surface area contributed by atoms with Crippen LogP contribution in [0.1, 0.15) is 28.8 Å². The van der Waals surface area contributed by atoms with E-state index in [-0.39, 0.29) is 18.5 Å². The first-order valence-corrected chi connectivity index (χ1v) is 8.60. The molecule has 5 heterocycles. The van der Waals surface area contributed by atoms with E-state index in [1.54, 1.807) is 36.9 Å². The number of aromatic nitrogens is 6. The fraction of sp³-hybridized carbons (Fsp3) is 0.222. The second-order valence-corrected chi connectivity index (χ2v) is 6.37. The number of rotatable bonds is 3. The normalized spacial score (nSPS) is 16.7. The summed E-state index contributed by atoms with van der Waals surface area (Å²) in [5.74, 6) is 0.150. The van der Waals surface area contributed by atoms with Crippen molar-refractivity contribution in [3.63, 3.8) is 0 Å². The molecule has 0 bridgehead atoms. The molecule has 4 aromatic heterocycles. The molecule has 0 spiro atoms. The molecule has 1 aliphatic rings. The van der Waals surface area contributed by atoms with Crippen LogP contribution in [0.5, 0.6) is 0 Å². The van der Waals surface area contributed by atoms with Crippen molar-refractivity contribution in [1.29, 1.82) is 0 Å². The van der Waals surface area contributed by atoms with Crippen molar-refractivity contribution in [1.82, 2.24) is 29.5 Å². The van der Waals surface area contributed by atoms with E-state index in [0.29, 0.717) is 29.4 Å². The van der Waals surface area contributed by atoms with Crippen LogP contribution in [0.25, 0.3) is 5.52 Å². The van der Waals surface area contributed by atoms with Crippen LogP contribution in [0.2, 0.25) is 0 Å². The van der Waals surface area contributed by atoms with Crippen LogP contribution in [0.15, 0.2) is 43.0 Å². The summed E-state index contributed by atoms with van der Waals surface area (Å²) in [6.07, 6.45) is 5.74. The maximum atomic E-state index is 14.2. The molecule has 2 N–H and O–H groups in total. The molecule has 0 fully saturated rings. The zero-order chi connectivity index (χ0) is 18.4. The van der Waals surface area contributed by atoms with Crippen LogP contribution >= 0.6 is 0 Å². The third-order valence-electron chi connectivity index (χ3n) is 4.79. The van der Waals surface area contributed by atoms with Gasteiger partial charge in [0.25, 0.3) is 0 Å². The SMILES string of the molecule is OCc1ccnc(N2CCc3[nH]cnc3[C@H]2c2cc3c(F)cccn3n2)n1. The number of aliphatic hydroxyl groups excluding tert-OH is 1. The fourth-order valence-corrected chi connectivity index (χ4v) is 3.54. The van der Waals surface area contributed by atoms with E-state index in [1.807, 2.05) is 4.90 Å². The number of anilines is 1. The third kappa shape index (κ3) is 2.55. The molecule has 1 atom stereocenters. The van der Waals surface area contributed by atoms with E-state index in [0.717, 1.165) is 17.8 Å². The van der Waals surface area contributed by atoms with Crippen LogP contribution in [-0.4, -0.2) is 41.2 Å². The summed E-state index contributed by atoms with van der Waals surface area (Å²) in [5.41, 5.74) is 3.44. The van der Waals surface area contributed by atoms with Gasteiger partial charge in [-0.1, -0.05) is 0 Å².